The van der Waals surface area contributed by atoms with E-state index in [9.17, 15) is 13.2 Å². The number of carbonyl (C=O) groups excluding carboxylic acids is 1. The molecule has 0 aliphatic carbocycles. The normalized spacial score (nSPS) is 11.1. The number of Topliss-reactive ketones (excluding diaryl/α,β-unsaturated/α-hetero) is 1. The van der Waals surface area contributed by atoms with E-state index >= 15 is 0 Å². The summed E-state index contributed by atoms with van der Waals surface area (Å²) >= 11 is 0. The Morgan fingerprint density at radius 2 is 1.80 bits per heavy atom. The quantitative estimate of drug-likeness (QED) is 0.773. The van der Waals surface area contributed by atoms with Gasteiger partial charge in [-0.3, -0.25) is 4.79 Å². The summed E-state index contributed by atoms with van der Waals surface area (Å²) in [7, 11) is -1.99. The van der Waals surface area contributed by atoms with Gasteiger partial charge in [0.05, 0.1) is 12.0 Å². The minimum absolute atomic E-state index is 0.138. The number of rotatable bonds is 4. The van der Waals surface area contributed by atoms with Crippen LogP contribution in [-0.4, -0.2) is 27.1 Å². The van der Waals surface area contributed by atoms with Crippen LogP contribution in [0.3, 0.4) is 0 Å². The molecule has 0 heterocycles. The second-order valence-corrected chi connectivity index (χ2v) is 5.13. The first kappa shape index (κ1) is 11.7. The summed E-state index contributed by atoms with van der Waals surface area (Å²) in [5.41, 5.74) is 0. The molecule has 0 spiro atoms. The molecule has 0 aliphatic heterocycles. The van der Waals surface area contributed by atoms with Crippen molar-refractivity contribution >= 4 is 15.6 Å². The molecule has 0 unspecified atom stereocenters. The van der Waals surface area contributed by atoms with Crippen molar-refractivity contribution in [1.82, 2.24) is 0 Å². The zero-order chi connectivity index (χ0) is 11.5. The fourth-order valence-electron chi connectivity index (χ4n) is 1.13. The van der Waals surface area contributed by atoms with E-state index in [2.05, 4.69) is 0 Å². The molecule has 0 amide bonds. The first-order valence-electron chi connectivity index (χ1n) is 4.32. The van der Waals surface area contributed by atoms with E-state index in [1.807, 2.05) is 0 Å². The van der Waals surface area contributed by atoms with Gasteiger partial charge < -0.3 is 4.74 Å². The number of sulfone groups is 1. The summed E-state index contributed by atoms with van der Waals surface area (Å²) in [6.45, 7) is 1.25. The molecule has 1 aromatic carbocycles. The Morgan fingerprint density at radius 1 is 1.27 bits per heavy atom. The van der Waals surface area contributed by atoms with Gasteiger partial charge in [-0.25, -0.2) is 8.42 Å². The highest BCUT2D eigenvalue weighted by Gasteiger charge is 2.16. The minimum atomic E-state index is -3.49. The molecule has 0 saturated carbocycles. The standard InChI is InChI=1S/C10H12O4S/c1-8(11)7-15(12,13)10-5-3-9(14-2)4-6-10/h3-6H,7H2,1-2H3. The second kappa shape index (κ2) is 4.44. The first-order valence-corrected chi connectivity index (χ1v) is 5.97. The molecule has 0 aliphatic rings. The molecule has 0 saturated heterocycles. The van der Waals surface area contributed by atoms with Crippen molar-refractivity contribution in [1.29, 1.82) is 0 Å². The average Bonchev–Trinajstić information content (AvgIpc) is 2.16. The van der Waals surface area contributed by atoms with Crippen molar-refractivity contribution in [3.8, 4) is 5.75 Å². The maximum absolute atomic E-state index is 11.6. The van der Waals surface area contributed by atoms with Gasteiger partial charge in [0.1, 0.15) is 17.3 Å². The Morgan fingerprint density at radius 3 is 2.20 bits per heavy atom. The number of ether oxygens (including phenoxy) is 1. The monoisotopic (exact) mass is 228 g/mol. The molecule has 0 atom stereocenters. The van der Waals surface area contributed by atoms with Crippen molar-refractivity contribution < 1.29 is 17.9 Å². The fourth-order valence-corrected chi connectivity index (χ4v) is 2.39. The van der Waals surface area contributed by atoms with Gasteiger partial charge in [0.2, 0.25) is 0 Å². The Bertz CT molecular complexity index is 445. The predicted octanol–water partition coefficient (Wildman–Crippen LogP) is 1.06. The first-order chi connectivity index (χ1) is 6.95. The fraction of sp³-hybridized carbons (Fsp3) is 0.300. The Labute approximate surface area is 88.8 Å². The maximum atomic E-state index is 11.6. The summed E-state index contributed by atoms with van der Waals surface area (Å²) in [6.07, 6.45) is 0. The predicted molar refractivity (Wildman–Crippen MR) is 55.7 cm³/mol. The molecule has 0 fully saturated rings. The zero-order valence-corrected chi connectivity index (χ0v) is 9.37. The lowest BCUT2D eigenvalue weighted by Crippen LogP contribution is -2.13. The van der Waals surface area contributed by atoms with E-state index < -0.39 is 15.6 Å². The summed E-state index contributed by atoms with van der Waals surface area (Å²) in [5.74, 6) is -0.248. The molecular formula is C10H12O4S. The van der Waals surface area contributed by atoms with Crippen molar-refractivity contribution in [2.24, 2.45) is 0 Å². The molecule has 5 heteroatoms. The van der Waals surface area contributed by atoms with Gasteiger partial charge in [0.25, 0.3) is 0 Å². The number of benzene rings is 1. The molecule has 82 valence electrons. The highest BCUT2D eigenvalue weighted by Crippen LogP contribution is 2.16. The van der Waals surface area contributed by atoms with Crippen LogP contribution < -0.4 is 4.74 Å². The van der Waals surface area contributed by atoms with Crippen LogP contribution in [0.25, 0.3) is 0 Å². The van der Waals surface area contributed by atoms with E-state index in [4.69, 9.17) is 4.74 Å². The van der Waals surface area contributed by atoms with E-state index in [1.165, 1.54) is 26.2 Å². The van der Waals surface area contributed by atoms with Crippen molar-refractivity contribution in [2.75, 3.05) is 12.9 Å². The number of methoxy groups -OCH3 is 1. The van der Waals surface area contributed by atoms with Crippen LogP contribution in [0.5, 0.6) is 5.75 Å². The van der Waals surface area contributed by atoms with Gasteiger partial charge in [-0.05, 0) is 31.2 Å². The zero-order valence-electron chi connectivity index (χ0n) is 8.56. The second-order valence-electron chi connectivity index (χ2n) is 3.14. The third kappa shape index (κ3) is 3.06. The van der Waals surface area contributed by atoms with E-state index in [1.54, 1.807) is 12.1 Å². The number of hydrogen-bond donors (Lipinski definition) is 0. The van der Waals surface area contributed by atoms with E-state index in [0.717, 1.165) is 0 Å². The summed E-state index contributed by atoms with van der Waals surface area (Å²) in [5, 5.41) is 0. The van der Waals surface area contributed by atoms with Crippen LogP contribution in [0.2, 0.25) is 0 Å². The Balaban J connectivity index is 3.01. The highest BCUT2D eigenvalue weighted by molar-refractivity contribution is 7.92. The molecular weight excluding hydrogens is 216 g/mol. The van der Waals surface area contributed by atoms with Gasteiger partial charge in [0, 0.05) is 0 Å². The summed E-state index contributed by atoms with van der Waals surface area (Å²) in [4.78, 5) is 10.9. The third-order valence-electron chi connectivity index (χ3n) is 1.81. The van der Waals surface area contributed by atoms with Crippen LogP contribution in [0.1, 0.15) is 6.92 Å². The van der Waals surface area contributed by atoms with Gasteiger partial charge in [-0.2, -0.15) is 0 Å². The lowest BCUT2D eigenvalue weighted by atomic mass is 10.3. The average molecular weight is 228 g/mol. The van der Waals surface area contributed by atoms with Crippen LogP contribution in [0.4, 0.5) is 0 Å². The van der Waals surface area contributed by atoms with E-state index in [-0.39, 0.29) is 10.7 Å². The lowest BCUT2D eigenvalue weighted by molar-refractivity contribution is -0.114. The third-order valence-corrected chi connectivity index (χ3v) is 3.59. The van der Waals surface area contributed by atoms with Crippen LogP contribution >= 0.6 is 0 Å². The Kier molecular flexibility index (Phi) is 3.47. The molecule has 0 bridgehead atoms. The molecule has 15 heavy (non-hydrogen) atoms. The highest BCUT2D eigenvalue weighted by atomic mass is 32.2. The summed E-state index contributed by atoms with van der Waals surface area (Å²) in [6, 6.07) is 5.95. The van der Waals surface area contributed by atoms with E-state index in [0.29, 0.717) is 5.75 Å². The largest absolute Gasteiger partial charge is 0.497 e. The molecule has 0 radical (unpaired) electrons. The van der Waals surface area contributed by atoms with Crippen LogP contribution in [-0.2, 0) is 14.6 Å². The van der Waals surface area contributed by atoms with Crippen molar-refractivity contribution in [3.05, 3.63) is 24.3 Å². The maximum Gasteiger partial charge on any atom is 0.185 e. The smallest absolute Gasteiger partial charge is 0.185 e. The van der Waals surface area contributed by atoms with Crippen LogP contribution in [0.15, 0.2) is 29.2 Å². The SMILES string of the molecule is COc1ccc(S(=O)(=O)CC(C)=O)cc1. The van der Waals surface area contributed by atoms with Gasteiger partial charge in [-0.15, -0.1) is 0 Å². The molecule has 1 aromatic rings. The molecule has 1 rings (SSSR count). The minimum Gasteiger partial charge on any atom is -0.497 e. The lowest BCUT2D eigenvalue weighted by Gasteiger charge is -2.03. The van der Waals surface area contributed by atoms with Gasteiger partial charge >= 0.3 is 0 Å². The number of ketones is 1. The molecule has 4 nitrogen and oxygen atoms in total. The molecule has 0 aromatic heterocycles. The van der Waals surface area contributed by atoms with Crippen LogP contribution in [0, 0.1) is 0 Å². The summed E-state index contributed by atoms with van der Waals surface area (Å²) < 4.78 is 28.1. The van der Waals surface area contributed by atoms with Crippen molar-refractivity contribution in [2.45, 2.75) is 11.8 Å². The molecule has 0 N–H and O–H groups in total. The van der Waals surface area contributed by atoms with Crippen molar-refractivity contribution in [3.63, 3.8) is 0 Å². The number of hydrogen-bond acceptors (Lipinski definition) is 4. The van der Waals surface area contributed by atoms with Gasteiger partial charge in [-0.1, -0.05) is 0 Å². The topological polar surface area (TPSA) is 60.4 Å². The van der Waals surface area contributed by atoms with Gasteiger partial charge in [0.15, 0.2) is 9.84 Å². The number of carbonyl (C=O) groups is 1. The Hall–Kier alpha value is -1.36.